The minimum Gasteiger partial charge on any atom is -1.00 e. The fourth-order valence-corrected chi connectivity index (χ4v) is 0. The van der Waals surface area contributed by atoms with Crippen LogP contribution in [0.25, 0.3) is 0 Å². The monoisotopic (exact) mass is 232 g/mol. The van der Waals surface area contributed by atoms with Gasteiger partial charge in [0.05, 0.1) is 0 Å². The fourth-order valence-electron chi connectivity index (χ4n) is 0. The summed E-state index contributed by atoms with van der Waals surface area (Å²) in [5.41, 5.74) is 0. The van der Waals surface area contributed by atoms with Crippen LogP contribution in [0.3, 0.4) is 0 Å². The molecule has 0 aliphatic heterocycles. The van der Waals surface area contributed by atoms with Crippen molar-refractivity contribution in [3.05, 3.63) is 0 Å². The van der Waals surface area contributed by atoms with Crippen LogP contribution in [0, 0.1) is 0 Å². The van der Waals surface area contributed by atoms with Crippen LogP contribution in [0.5, 0.6) is 0 Å². The molecule has 48 valence electrons. The van der Waals surface area contributed by atoms with E-state index in [2.05, 4.69) is 0 Å². The molecule has 0 aromatic rings. The van der Waals surface area contributed by atoms with Crippen LogP contribution in [0.1, 0.15) is 1.43 Å². The summed E-state index contributed by atoms with van der Waals surface area (Å²) in [6.07, 6.45) is 0. The molecule has 0 rings (SSSR count). The summed E-state index contributed by atoms with van der Waals surface area (Å²) in [5.74, 6) is 0. The third-order valence-corrected chi connectivity index (χ3v) is 0. The number of hydrogen-bond acceptors (Lipinski definition) is 1. The van der Waals surface area contributed by atoms with Gasteiger partial charge in [0, 0.05) is 43.4 Å². The van der Waals surface area contributed by atoms with Gasteiger partial charge < -0.3 is 16.1 Å². The molecule has 3 N–H and O–H groups in total. The summed E-state index contributed by atoms with van der Waals surface area (Å²) in [4.78, 5) is 21.6. The van der Waals surface area contributed by atoms with E-state index in [1.807, 2.05) is 0 Å². The Kier molecular flexibility index (Phi) is 44.0. The van der Waals surface area contributed by atoms with Gasteiger partial charge in [0.1, 0.15) is 0 Å². The average molecular weight is 232 g/mol. The Bertz CT molecular complexity index is 69.4. The molecule has 0 spiro atoms. The van der Waals surface area contributed by atoms with Crippen molar-refractivity contribution in [3.8, 4) is 0 Å². The molecule has 0 bridgehead atoms. The molecule has 9 heteroatoms. The van der Waals surface area contributed by atoms with Crippen molar-refractivity contribution in [2.45, 2.75) is 0 Å². The van der Waals surface area contributed by atoms with E-state index in [-0.39, 0.29) is 81.1 Å². The van der Waals surface area contributed by atoms with Crippen LogP contribution < -0.4 is 18.9 Å². The Morgan fingerprint density at radius 3 is 1.11 bits per heavy atom. The quantitative estimate of drug-likeness (QED) is 0.288. The average Bonchev–Trinajstić information content (AvgIpc) is 0.722. The van der Waals surface area contributed by atoms with E-state index in [9.17, 15) is 0 Å². The van der Waals surface area contributed by atoms with Gasteiger partial charge in [0.25, 0.3) is 0 Å². The molecule has 0 atom stereocenters. The molecule has 0 saturated carbocycles. The van der Waals surface area contributed by atoms with Crippen molar-refractivity contribution < 1.29 is 83.0 Å². The zero-order valence-electron chi connectivity index (χ0n) is 5.20. The Morgan fingerprint density at radius 1 is 1.11 bits per heavy atom. The maximum atomic E-state index is 8.88. The maximum Gasteiger partial charge on any atom is 1.00 e. The zero-order valence-corrected chi connectivity index (χ0v) is 8.21. The summed E-state index contributed by atoms with van der Waals surface area (Å²) in [6, 6.07) is 0. The van der Waals surface area contributed by atoms with Crippen molar-refractivity contribution in [3.63, 3.8) is 0 Å². The molecule has 4 nitrogen and oxygen atoms in total. The molecule has 0 heterocycles. The summed E-state index contributed by atoms with van der Waals surface area (Å²) in [7, 11) is -4.64. The van der Waals surface area contributed by atoms with Gasteiger partial charge in [0.2, 0.25) is 0 Å². The van der Waals surface area contributed by atoms with Gasteiger partial charge in [-0.25, -0.2) is 4.57 Å². The second kappa shape index (κ2) is 13.3. The molecule has 0 unspecified atom stereocenters. The first-order chi connectivity index (χ1) is 2.00. The van der Waals surface area contributed by atoms with Gasteiger partial charge in [-0.3, -0.25) is 0 Å². The smallest absolute Gasteiger partial charge is 1.00 e. The Morgan fingerprint density at radius 2 is 1.11 bits per heavy atom. The van der Waals surface area contributed by atoms with E-state index in [1.54, 1.807) is 0 Å². The molecule has 0 aromatic heterocycles. The molecule has 9 heavy (non-hydrogen) atoms. The fraction of sp³-hybridized carbons (Fsp3) is 0. The van der Waals surface area contributed by atoms with E-state index in [0.717, 1.165) is 0 Å². The minimum absolute atomic E-state index is 0. The van der Waals surface area contributed by atoms with Crippen LogP contribution in [0.4, 0.5) is 0 Å². The SMILES string of the molecule is O=P(O)(O)O.[AlH3].[H-].[Li+].[Ti].[Ti]. The Labute approximate surface area is 107 Å². The van der Waals surface area contributed by atoms with Crippen LogP contribution in [0.15, 0.2) is 0 Å². The van der Waals surface area contributed by atoms with Crippen LogP contribution in [0.2, 0.25) is 0 Å². The first-order valence-electron chi connectivity index (χ1n) is 0.783. The van der Waals surface area contributed by atoms with Gasteiger partial charge in [-0.1, -0.05) is 0 Å². The standard InChI is InChI=1S/Al.Li.H3O4P.2Ti.4H/c;;1-5(2,3)4;;;;;;/h;;(H3,1,2,3,4);;;;;;/q;+1;;;;;;;-1. The molecule has 0 aliphatic carbocycles. The second-order valence-corrected chi connectivity index (χ2v) is 1.54. The van der Waals surface area contributed by atoms with Crippen molar-refractivity contribution in [1.29, 1.82) is 0 Å². The van der Waals surface area contributed by atoms with E-state index in [1.165, 1.54) is 0 Å². The van der Waals surface area contributed by atoms with Crippen LogP contribution in [-0.4, -0.2) is 32.0 Å². The van der Waals surface area contributed by atoms with Crippen molar-refractivity contribution in [2.75, 3.05) is 0 Å². The number of hydrogen-bond donors (Lipinski definition) is 3. The van der Waals surface area contributed by atoms with Gasteiger partial charge in [0.15, 0.2) is 17.4 Å². The predicted molar refractivity (Wildman–Crippen MR) is 25.3 cm³/mol. The zero-order chi connectivity index (χ0) is 4.50. The van der Waals surface area contributed by atoms with Crippen molar-refractivity contribution >= 4 is 25.2 Å². The number of phosphoric acid groups is 1. The Hall–Kier alpha value is 2.67. The summed E-state index contributed by atoms with van der Waals surface area (Å²) >= 11 is 0. The van der Waals surface area contributed by atoms with Crippen LogP contribution in [-0.2, 0) is 48.0 Å². The summed E-state index contributed by atoms with van der Waals surface area (Å²) in [5, 5.41) is 0. The normalized spacial score (nSPS) is 6.56. The minimum atomic E-state index is -4.64. The van der Waals surface area contributed by atoms with Gasteiger partial charge >= 0.3 is 26.7 Å². The first-order valence-corrected chi connectivity index (χ1v) is 2.35. The Balaban J connectivity index is -0.00000000800. The van der Waals surface area contributed by atoms with Crippen molar-refractivity contribution in [2.24, 2.45) is 0 Å². The third-order valence-electron chi connectivity index (χ3n) is 0. The first kappa shape index (κ1) is 29.9. The van der Waals surface area contributed by atoms with E-state index in [0.29, 0.717) is 0 Å². The molecular formula is H7AlLiO4PTi2. The topological polar surface area (TPSA) is 77.8 Å². The van der Waals surface area contributed by atoms with Gasteiger partial charge in [-0.05, 0) is 0 Å². The van der Waals surface area contributed by atoms with E-state index < -0.39 is 7.82 Å². The predicted octanol–water partition coefficient (Wildman–Crippen LogP) is -5.00. The second-order valence-electron chi connectivity index (χ2n) is 0.513. The molecule has 0 saturated heterocycles. The summed E-state index contributed by atoms with van der Waals surface area (Å²) < 4.78 is 8.88. The van der Waals surface area contributed by atoms with Gasteiger partial charge in [-0.15, -0.1) is 0 Å². The van der Waals surface area contributed by atoms with Crippen LogP contribution >= 0.6 is 7.82 Å². The molecule has 0 aromatic carbocycles. The largest absolute Gasteiger partial charge is 1.00 e. The van der Waals surface area contributed by atoms with Crippen molar-refractivity contribution in [1.82, 2.24) is 0 Å². The molecule has 0 radical (unpaired) electrons. The molecule has 0 aliphatic rings. The molecule has 0 amide bonds. The molecule has 0 fully saturated rings. The summed E-state index contributed by atoms with van der Waals surface area (Å²) in [6.45, 7) is 0. The maximum absolute atomic E-state index is 8.88. The van der Waals surface area contributed by atoms with Gasteiger partial charge in [-0.2, -0.15) is 0 Å². The number of rotatable bonds is 0. The van der Waals surface area contributed by atoms with E-state index in [4.69, 9.17) is 19.2 Å². The van der Waals surface area contributed by atoms with E-state index >= 15 is 0 Å². The third kappa shape index (κ3) is 113. The molecular weight excluding hydrogens is 225 g/mol.